The van der Waals surface area contributed by atoms with Crippen LogP contribution in [0.15, 0.2) is 41.3 Å². The molecule has 5 rings (SSSR count). The Morgan fingerprint density at radius 3 is 2.66 bits per heavy atom. The number of likely N-dealkylation sites (tertiary alicyclic amines) is 1. The highest BCUT2D eigenvalue weighted by Crippen LogP contribution is 2.27. The number of nitrogens with zero attached hydrogens (tertiary/aromatic N) is 4. The number of hydrogen-bond donors (Lipinski definition) is 2. The van der Waals surface area contributed by atoms with Gasteiger partial charge in [-0.25, -0.2) is 23.5 Å². The van der Waals surface area contributed by atoms with E-state index in [0.717, 1.165) is 51.1 Å². The van der Waals surface area contributed by atoms with E-state index in [2.05, 4.69) is 14.9 Å². The fourth-order valence-electron chi connectivity index (χ4n) is 4.60. The molecule has 0 aliphatic carbocycles. The summed E-state index contributed by atoms with van der Waals surface area (Å²) >= 11 is 0. The molecular weight excluding hydrogens is 428 g/mol. The van der Waals surface area contributed by atoms with E-state index in [0.29, 0.717) is 29.1 Å². The Bertz CT molecular complexity index is 1270. The summed E-state index contributed by atoms with van der Waals surface area (Å²) in [4.78, 5) is 29.6. The van der Waals surface area contributed by atoms with E-state index in [4.69, 9.17) is 10.1 Å². The third-order valence-electron chi connectivity index (χ3n) is 6.28. The van der Waals surface area contributed by atoms with Crippen LogP contribution in [0.4, 0.5) is 5.82 Å². The van der Waals surface area contributed by atoms with Crippen LogP contribution in [-0.2, 0) is 14.8 Å². The number of nitrogens with two attached hydrogens (primary N) is 1. The number of fused-ring (bicyclic) bond motifs is 1. The summed E-state index contributed by atoms with van der Waals surface area (Å²) in [6.07, 6.45) is 4.08. The molecule has 2 aliphatic rings. The largest absolute Gasteiger partial charge is 0.356 e. The number of imidazole rings is 1. The number of benzene rings is 1. The van der Waals surface area contributed by atoms with Gasteiger partial charge in [0.1, 0.15) is 17.2 Å². The summed E-state index contributed by atoms with van der Waals surface area (Å²) in [7, 11) is -3.80. The lowest BCUT2D eigenvalue weighted by atomic mass is 9.96. The van der Waals surface area contributed by atoms with Gasteiger partial charge < -0.3 is 14.8 Å². The van der Waals surface area contributed by atoms with E-state index in [-0.39, 0.29) is 16.7 Å². The number of carbonyl (C=O) groups excluding carboxylic acids is 1. The van der Waals surface area contributed by atoms with Crippen LogP contribution in [0.1, 0.15) is 25.7 Å². The molecule has 3 N–H and O–H groups in total. The normalized spacial score (nSPS) is 19.6. The maximum absolute atomic E-state index is 12.9. The van der Waals surface area contributed by atoms with Gasteiger partial charge in [-0.3, -0.25) is 4.79 Å². The first-order chi connectivity index (χ1) is 15.4. The number of piperidine rings is 1. The summed E-state index contributed by atoms with van der Waals surface area (Å²) in [6, 6.07) is 10.2. The molecule has 32 heavy (non-hydrogen) atoms. The van der Waals surface area contributed by atoms with Crippen molar-refractivity contribution in [2.45, 2.75) is 30.6 Å². The van der Waals surface area contributed by atoms with Gasteiger partial charge in [-0.2, -0.15) is 0 Å². The molecule has 1 atom stereocenters. The Hall–Kier alpha value is -2.98. The highest BCUT2D eigenvalue weighted by atomic mass is 32.2. The van der Waals surface area contributed by atoms with Crippen molar-refractivity contribution in [3.8, 4) is 11.4 Å². The van der Waals surface area contributed by atoms with E-state index in [9.17, 15) is 13.2 Å². The number of carbonyl (C=O) groups is 1. The second-order valence-corrected chi connectivity index (χ2v) is 10.1. The van der Waals surface area contributed by atoms with Gasteiger partial charge in [0.2, 0.25) is 15.9 Å². The first-order valence-corrected chi connectivity index (χ1v) is 12.5. The van der Waals surface area contributed by atoms with E-state index in [1.165, 1.54) is 12.1 Å². The predicted molar refractivity (Wildman–Crippen MR) is 121 cm³/mol. The number of sulfonamides is 1. The number of rotatable bonds is 4. The number of anilines is 1. The molecule has 2 fully saturated rings. The summed E-state index contributed by atoms with van der Waals surface area (Å²) in [5.41, 5.74) is 1.92. The number of aromatic amines is 1. The minimum Gasteiger partial charge on any atom is -0.356 e. The zero-order chi connectivity index (χ0) is 22.3. The second-order valence-electron chi connectivity index (χ2n) is 8.51. The molecule has 10 heteroatoms. The first-order valence-electron chi connectivity index (χ1n) is 10.9. The fourth-order valence-corrected chi connectivity index (χ4v) is 5.16. The number of aromatic nitrogens is 3. The molecule has 1 aromatic carbocycles. The molecular formula is C22H26N6O3S. The van der Waals surface area contributed by atoms with Gasteiger partial charge in [-0.1, -0.05) is 12.1 Å². The zero-order valence-corrected chi connectivity index (χ0v) is 18.5. The number of amides is 1. The van der Waals surface area contributed by atoms with Crippen LogP contribution >= 0.6 is 0 Å². The topological polar surface area (TPSA) is 125 Å². The van der Waals surface area contributed by atoms with Gasteiger partial charge in [0, 0.05) is 31.7 Å². The summed E-state index contributed by atoms with van der Waals surface area (Å²) in [5, 5.41) is 5.25. The monoisotopic (exact) mass is 454 g/mol. The van der Waals surface area contributed by atoms with Gasteiger partial charge in [0.05, 0.1) is 10.8 Å². The number of primary sulfonamides is 1. The summed E-state index contributed by atoms with van der Waals surface area (Å²) in [5.74, 6) is 1.62. The van der Waals surface area contributed by atoms with Gasteiger partial charge >= 0.3 is 0 Å². The van der Waals surface area contributed by atoms with Crippen molar-refractivity contribution in [1.82, 2.24) is 19.9 Å². The van der Waals surface area contributed by atoms with Crippen LogP contribution in [0.3, 0.4) is 0 Å². The van der Waals surface area contributed by atoms with Crippen LogP contribution in [0.2, 0.25) is 0 Å². The third kappa shape index (κ3) is 4.07. The molecule has 2 aliphatic heterocycles. The van der Waals surface area contributed by atoms with E-state index < -0.39 is 10.0 Å². The summed E-state index contributed by atoms with van der Waals surface area (Å²) < 4.78 is 23.3. The molecule has 0 saturated carbocycles. The number of pyridine rings is 1. The Labute approximate surface area is 186 Å². The van der Waals surface area contributed by atoms with Crippen molar-refractivity contribution in [2.75, 3.05) is 31.1 Å². The van der Waals surface area contributed by atoms with E-state index in [1.54, 1.807) is 12.1 Å². The second kappa shape index (κ2) is 8.18. The average Bonchev–Trinajstić information content (AvgIpc) is 3.48. The highest BCUT2D eigenvalue weighted by molar-refractivity contribution is 7.89. The SMILES string of the molecule is NS(=O)(=O)c1cccc(-c2nc3ccc(N4CCCC(C(=O)N5CCCC5)C4)nc3[nH]2)c1. The van der Waals surface area contributed by atoms with Crippen molar-refractivity contribution >= 4 is 32.9 Å². The molecule has 4 heterocycles. The van der Waals surface area contributed by atoms with Crippen molar-refractivity contribution in [3.05, 3.63) is 36.4 Å². The van der Waals surface area contributed by atoms with Crippen molar-refractivity contribution < 1.29 is 13.2 Å². The molecule has 168 valence electrons. The lowest BCUT2D eigenvalue weighted by Crippen LogP contribution is -2.44. The highest BCUT2D eigenvalue weighted by Gasteiger charge is 2.31. The quantitative estimate of drug-likeness (QED) is 0.622. The standard InChI is InChI=1S/C22H26N6O3S/c23-32(30,31)17-7-3-5-15(13-17)20-24-18-8-9-19(25-21(18)26-20)28-12-4-6-16(14-28)22(29)27-10-1-2-11-27/h3,5,7-9,13,16H,1-2,4,6,10-12,14H2,(H2,23,30,31)(H,24,25,26). The number of hydrogen-bond acceptors (Lipinski definition) is 6. The van der Waals surface area contributed by atoms with Crippen molar-refractivity contribution in [2.24, 2.45) is 11.1 Å². The minimum atomic E-state index is -3.80. The van der Waals surface area contributed by atoms with E-state index in [1.807, 2.05) is 17.0 Å². The maximum atomic E-state index is 12.9. The van der Waals surface area contributed by atoms with Gasteiger partial charge in [0.25, 0.3) is 0 Å². The molecule has 0 spiro atoms. The van der Waals surface area contributed by atoms with Crippen LogP contribution in [-0.4, -0.2) is 60.4 Å². The fraction of sp³-hybridized carbons (Fsp3) is 0.409. The third-order valence-corrected chi connectivity index (χ3v) is 7.19. The van der Waals surface area contributed by atoms with Crippen LogP contribution in [0.25, 0.3) is 22.6 Å². The van der Waals surface area contributed by atoms with Crippen LogP contribution in [0, 0.1) is 5.92 Å². The van der Waals surface area contributed by atoms with E-state index >= 15 is 0 Å². The number of nitrogens with one attached hydrogen (secondary N) is 1. The molecule has 3 aromatic rings. The minimum absolute atomic E-state index is 0.0117. The Morgan fingerprint density at radius 1 is 1.06 bits per heavy atom. The number of H-pyrrole nitrogens is 1. The summed E-state index contributed by atoms with van der Waals surface area (Å²) in [6.45, 7) is 3.29. The molecule has 2 aromatic heterocycles. The lowest BCUT2D eigenvalue weighted by Gasteiger charge is -2.34. The van der Waals surface area contributed by atoms with Gasteiger partial charge in [0.15, 0.2) is 5.65 Å². The lowest BCUT2D eigenvalue weighted by molar-refractivity contribution is -0.134. The van der Waals surface area contributed by atoms with Gasteiger partial charge in [-0.15, -0.1) is 0 Å². The maximum Gasteiger partial charge on any atom is 0.238 e. The van der Waals surface area contributed by atoms with Crippen molar-refractivity contribution in [1.29, 1.82) is 0 Å². The van der Waals surface area contributed by atoms with Gasteiger partial charge in [-0.05, 0) is 49.9 Å². The molecule has 1 unspecified atom stereocenters. The first kappa shape index (κ1) is 20.9. The zero-order valence-electron chi connectivity index (χ0n) is 17.7. The molecule has 9 nitrogen and oxygen atoms in total. The molecule has 0 bridgehead atoms. The molecule has 1 amide bonds. The average molecular weight is 455 g/mol. The molecule has 2 saturated heterocycles. The molecule has 0 radical (unpaired) electrons. The Balaban J connectivity index is 1.39. The Morgan fingerprint density at radius 2 is 1.88 bits per heavy atom. The Kier molecular flexibility index (Phi) is 5.34. The van der Waals surface area contributed by atoms with Crippen molar-refractivity contribution in [3.63, 3.8) is 0 Å². The predicted octanol–water partition coefficient (Wildman–Crippen LogP) is 2.11. The van der Waals surface area contributed by atoms with Crippen LogP contribution in [0.5, 0.6) is 0 Å². The van der Waals surface area contributed by atoms with Crippen LogP contribution < -0.4 is 10.0 Å². The smallest absolute Gasteiger partial charge is 0.238 e.